The number of carbonyl (C=O) groups is 1. The highest BCUT2D eigenvalue weighted by molar-refractivity contribution is 5.98. The number of rotatable bonds is 2. The number of hydrogen-bond acceptors (Lipinski definition) is 4. The zero-order chi connectivity index (χ0) is 11.9. The maximum atomic E-state index is 11.6. The minimum Gasteiger partial charge on any atom is -0.493 e. The van der Waals surface area contributed by atoms with Crippen molar-refractivity contribution in [3.63, 3.8) is 0 Å². The number of hydrogen-bond donors (Lipinski definition) is 0. The van der Waals surface area contributed by atoms with E-state index >= 15 is 0 Å². The Morgan fingerprint density at radius 2 is 2.06 bits per heavy atom. The van der Waals surface area contributed by atoms with Crippen LogP contribution in [0.3, 0.4) is 0 Å². The van der Waals surface area contributed by atoms with E-state index in [-0.39, 0.29) is 5.78 Å². The molecule has 0 saturated carbocycles. The van der Waals surface area contributed by atoms with E-state index in [2.05, 4.69) is 0 Å². The molecule has 2 aliphatic heterocycles. The molecule has 0 amide bonds. The molecule has 0 fully saturated rings. The Balaban J connectivity index is 2.57. The van der Waals surface area contributed by atoms with Crippen LogP contribution in [0, 0.1) is 0 Å². The van der Waals surface area contributed by atoms with E-state index in [0.717, 1.165) is 0 Å². The molecular weight excluding hydrogens is 208 g/mol. The summed E-state index contributed by atoms with van der Waals surface area (Å²) >= 11 is 0. The van der Waals surface area contributed by atoms with Gasteiger partial charge in [-0.2, -0.15) is 0 Å². The maximum Gasteiger partial charge on any atom is 0.271 e. The van der Waals surface area contributed by atoms with Gasteiger partial charge < -0.3 is 14.2 Å². The van der Waals surface area contributed by atoms with Gasteiger partial charge in [0.2, 0.25) is 0 Å². The van der Waals surface area contributed by atoms with E-state index in [1.165, 1.54) is 6.92 Å². The summed E-state index contributed by atoms with van der Waals surface area (Å²) in [5.74, 6) is 1.89. The number of Topliss-reactive ketones (excluding diaryl/α,β-unsaturated/α-hetero) is 1. The van der Waals surface area contributed by atoms with Crippen LogP contribution < -0.4 is 0 Å². The Kier molecular flexibility index (Phi) is 2.50. The van der Waals surface area contributed by atoms with Crippen molar-refractivity contribution in [3.8, 4) is 0 Å². The van der Waals surface area contributed by atoms with Gasteiger partial charge in [0.05, 0.1) is 18.4 Å². The fourth-order valence-electron chi connectivity index (χ4n) is 1.93. The summed E-state index contributed by atoms with van der Waals surface area (Å²) in [7, 11) is 1.56. The van der Waals surface area contributed by atoms with Gasteiger partial charge >= 0.3 is 0 Å². The number of allylic oxidation sites excluding steroid dienone is 4. The summed E-state index contributed by atoms with van der Waals surface area (Å²) in [4.78, 5) is 11.6. The highest BCUT2D eigenvalue weighted by Gasteiger charge is 2.37. The summed E-state index contributed by atoms with van der Waals surface area (Å²) < 4.78 is 16.2. The predicted octanol–water partition coefficient (Wildman–Crippen LogP) is 2.04. The number of ether oxygens (including phenoxy) is 3. The van der Waals surface area contributed by atoms with Crippen molar-refractivity contribution in [1.82, 2.24) is 0 Å². The summed E-state index contributed by atoms with van der Waals surface area (Å²) in [6.07, 6.45) is 1.17. The van der Waals surface area contributed by atoms with Gasteiger partial charge in [-0.1, -0.05) is 0 Å². The van der Waals surface area contributed by atoms with E-state index < -0.39 is 6.29 Å². The van der Waals surface area contributed by atoms with Crippen molar-refractivity contribution in [3.05, 3.63) is 34.5 Å². The molecule has 0 radical (unpaired) electrons. The molecule has 0 aromatic carbocycles. The van der Waals surface area contributed by atoms with Gasteiger partial charge in [0.25, 0.3) is 6.29 Å². The molecule has 16 heavy (non-hydrogen) atoms. The van der Waals surface area contributed by atoms with E-state index in [1.54, 1.807) is 27.0 Å². The molecule has 0 aliphatic carbocycles. The third-order valence-electron chi connectivity index (χ3n) is 2.60. The first-order valence-corrected chi connectivity index (χ1v) is 5.06. The third kappa shape index (κ3) is 1.50. The third-order valence-corrected chi connectivity index (χ3v) is 2.60. The summed E-state index contributed by atoms with van der Waals surface area (Å²) in [6.45, 7) is 5.11. The van der Waals surface area contributed by atoms with Crippen LogP contribution in [-0.2, 0) is 19.0 Å². The molecule has 0 aromatic heterocycles. The lowest BCUT2D eigenvalue weighted by atomic mass is 10.0. The van der Waals surface area contributed by atoms with Crippen molar-refractivity contribution >= 4 is 5.78 Å². The van der Waals surface area contributed by atoms with Crippen LogP contribution >= 0.6 is 0 Å². The predicted molar refractivity (Wildman–Crippen MR) is 57.1 cm³/mol. The average Bonchev–Trinajstić information content (AvgIpc) is 2.51. The van der Waals surface area contributed by atoms with Crippen molar-refractivity contribution in [2.45, 2.75) is 27.1 Å². The van der Waals surface area contributed by atoms with Crippen molar-refractivity contribution in [1.29, 1.82) is 0 Å². The second kappa shape index (κ2) is 3.70. The molecule has 0 spiro atoms. The molecule has 0 saturated heterocycles. The SMILES string of the molecule is COC1=C(C)O[C@H]2OC(C)=CC(C(C)=O)=C12. The maximum absolute atomic E-state index is 11.6. The molecule has 1 atom stereocenters. The van der Waals surface area contributed by atoms with Crippen molar-refractivity contribution in [2.75, 3.05) is 7.11 Å². The zero-order valence-corrected chi connectivity index (χ0v) is 9.79. The van der Waals surface area contributed by atoms with Crippen LogP contribution in [0.2, 0.25) is 0 Å². The molecule has 4 heteroatoms. The molecular formula is C12H14O4. The zero-order valence-electron chi connectivity index (χ0n) is 9.79. The van der Waals surface area contributed by atoms with Crippen LogP contribution in [0.4, 0.5) is 0 Å². The Morgan fingerprint density at radius 3 is 2.62 bits per heavy atom. The van der Waals surface area contributed by atoms with E-state index in [0.29, 0.717) is 28.4 Å². The van der Waals surface area contributed by atoms with Gasteiger partial charge in [0.1, 0.15) is 5.76 Å². The second-order valence-corrected chi connectivity index (χ2v) is 3.80. The first-order chi connectivity index (χ1) is 7.54. The van der Waals surface area contributed by atoms with E-state index in [9.17, 15) is 4.79 Å². The highest BCUT2D eigenvalue weighted by atomic mass is 16.7. The van der Waals surface area contributed by atoms with E-state index in [4.69, 9.17) is 14.2 Å². The normalized spacial score (nSPS) is 23.5. The van der Waals surface area contributed by atoms with Crippen molar-refractivity contribution < 1.29 is 19.0 Å². The number of ketones is 1. The largest absolute Gasteiger partial charge is 0.493 e. The lowest BCUT2D eigenvalue weighted by molar-refractivity contribution is -0.114. The lowest BCUT2D eigenvalue weighted by Crippen LogP contribution is -2.21. The Bertz CT molecular complexity index is 440. The highest BCUT2D eigenvalue weighted by Crippen LogP contribution is 2.38. The first kappa shape index (κ1) is 10.8. The molecule has 0 aromatic rings. The molecule has 2 rings (SSSR count). The summed E-state index contributed by atoms with van der Waals surface area (Å²) in [5.41, 5.74) is 1.29. The quantitative estimate of drug-likeness (QED) is 0.717. The molecule has 2 aliphatic rings. The van der Waals surface area contributed by atoms with Crippen LogP contribution in [0.5, 0.6) is 0 Å². The smallest absolute Gasteiger partial charge is 0.271 e. The monoisotopic (exact) mass is 222 g/mol. The molecule has 4 nitrogen and oxygen atoms in total. The van der Waals surface area contributed by atoms with Gasteiger partial charge in [0, 0.05) is 5.57 Å². The van der Waals surface area contributed by atoms with Gasteiger partial charge in [-0.15, -0.1) is 0 Å². The van der Waals surface area contributed by atoms with Gasteiger partial charge in [0.15, 0.2) is 11.5 Å². The minimum absolute atomic E-state index is 0.0181. The molecule has 0 bridgehead atoms. The molecule has 2 heterocycles. The van der Waals surface area contributed by atoms with Crippen LogP contribution in [0.1, 0.15) is 20.8 Å². The Morgan fingerprint density at radius 1 is 1.38 bits per heavy atom. The topological polar surface area (TPSA) is 44.8 Å². The molecule has 86 valence electrons. The van der Waals surface area contributed by atoms with Gasteiger partial charge in [-0.25, -0.2) is 0 Å². The summed E-state index contributed by atoms with van der Waals surface area (Å²) in [6, 6.07) is 0. The molecule has 0 N–H and O–H groups in total. The number of carbonyl (C=O) groups excluding carboxylic acids is 1. The first-order valence-electron chi connectivity index (χ1n) is 5.06. The molecule has 0 unspecified atom stereocenters. The average molecular weight is 222 g/mol. The van der Waals surface area contributed by atoms with Gasteiger partial charge in [-0.3, -0.25) is 4.79 Å². The van der Waals surface area contributed by atoms with Gasteiger partial charge in [-0.05, 0) is 26.8 Å². The fourth-order valence-corrected chi connectivity index (χ4v) is 1.93. The Hall–Kier alpha value is -1.71. The lowest BCUT2D eigenvalue weighted by Gasteiger charge is -2.22. The second-order valence-electron chi connectivity index (χ2n) is 3.80. The van der Waals surface area contributed by atoms with Crippen LogP contribution in [0.15, 0.2) is 34.5 Å². The summed E-state index contributed by atoms with van der Waals surface area (Å²) in [5, 5.41) is 0. The number of fused-ring (bicyclic) bond motifs is 1. The van der Waals surface area contributed by atoms with Crippen LogP contribution in [-0.4, -0.2) is 19.2 Å². The van der Waals surface area contributed by atoms with E-state index in [1.807, 2.05) is 0 Å². The number of methoxy groups -OCH3 is 1. The van der Waals surface area contributed by atoms with Crippen LogP contribution in [0.25, 0.3) is 0 Å². The standard InChI is InChI=1S/C12H14O4/c1-6-5-9(7(2)13)10-11(14-4)8(3)16-12(10)15-6/h5,12H,1-4H3/t12-/m1/s1. The fraction of sp³-hybridized carbons (Fsp3) is 0.417. The van der Waals surface area contributed by atoms with Crippen molar-refractivity contribution in [2.24, 2.45) is 0 Å². The Labute approximate surface area is 94.2 Å². The minimum atomic E-state index is -0.543.